The van der Waals surface area contributed by atoms with E-state index in [4.69, 9.17) is 23.9 Å². The van der Waals surface area contributed by atoms with Gasteiger partial charge in [-0.2, -0.15) is 0 Å². The SMILES string of the molecule is COc1ccc2c(c1)Cc1sc(N=Cc3cc(OC)c(OC)c(OC)c3)nc1-2. The molecule has 0 fully saturated rings. The van der Waals surface area contributed by atoms with E-state index in [0.29, 0.717) is 17.2 Å². The van der Waals surface area contributed by atoms with E-state index in [2.05, 4.69) is 17.1 Å². The zero-order valence-corrected chi connectivity index (χ0v) is 16.9. The van der Waals surface area contributed by atoms with Gasteiger partial charge in [0, 0.05) is 28.6 Å². The third kappa shape index (κ3) is 3.18. The molecule has 6 nitrogen and oxygen atoms in total. The summed E-state index contributed by atoms with van der Waals surface area (Å²) in [6.07, 6.45) is 2.62. The molecule has 3 aromatic rings. The largest absolute Gasteiger partial charge is 0.497 e. The molecule has 0 N–H and O–H groups in total. The normalized spacial score (nSPS) is 12.0. The molecule has 1 heterocycles. The van der Waals surface area contributed by atoms with E-state index in [1.54, 1.807) is 46.0 Å². The molecule has 0 unspecified atom stereocenters. The zero-order valence-electron chi connectivity index (χ0n) is 16.1. The highest BCUT2D eigenvalue weighted by atomic mass is 32.1. The molecule has 0 saturated heterocycles. The minimum atomic E-state index is 0.558. The van der Waals surface area contributed by atoms with Gasteiger partial charge in [-0.25, -0.2) is 9.98 Å². The Morgan fingerprint density at radius 1 is 0.964 bits per heavy atom. The fourth-order valence-corrected chi connectivity index (χ4v) is 4.22. The van der Waals surface area contributed by atoms with Crippen LogP contribution in [-0.4, -0.2) is 39.6 Å². The quantitative estimate of drug-likeness (QED) is 0.449. The summed E-state index contributed by atoms with van der Waals surface area (Å²) in [6, 6.07) is 9.81. The first-order chi connectivity index (χ1) is 13.7. The Kier molecular flexibility index (Phi) is 4.92. The highest BCUT2D eigenvalue weighted by Gasteiger charge is 2.23. The third-order valence-electron chi connectivity index (χ3n) is 4.62. The molecule has 1 aliphatic rings. The third-order valence-corrected chi connectivity index (χ3v) is 5.58. The summed E-state index contributed by atoms with van der Waals surface area (Å²) in [5, 5.41) is 0.722. The molecule has 0 bridgehead atoms. The lowest BCUT2D eigenvalue weighted by atomic mass is 10.1. The van der Waals surface area contributed by atoms with Gasteiger partial charge < -0.3 is 18.9 Å². The Balaban J connectivity index is 1.62. The van der Waals surface area contributed by atoms with Crippen molar-refractivity contribution in [2.24, 2.45) is 4.99 Å². The number of ether oxygens (including phenoxy) is 4. The standard InChI is InChI=1S/C21H20N2O4S/c1-24-14-5-6-15-13(9-14)10-18-19(15)23-21(28-18)22-11-12-7-16(25-2)20(27-4)17(8-12)26-3/h5-9,11H,10H2,1-4H3. The number of aliphatic imine (C=N–C) groups is 1. The van der Waals surface area contributed by atoms with E-state index in [-0.39, 0.29) is 0 Å². The van der Waals surface area contributed by atoms with Crippen LogP contribution in [0.15, 0.2) is 35.3 Å². The van der Waals surface area contributed by atoms with Gasteiger partial charge >= 0.3 is 0 Å². The minimum Gasteiger partial charge on any atom is -0.497 e. The van der Waals surface area contributed by atoms with Crippen LogP contribution in [0, 0.1) is 0 Å². The van der Waals surface area contributed by atoms with Crippen molar-refractivity contribution in [1.29, 1.82) is 0 Å². The van der Waals surface area contributed by atoms with E-state index in [1.807, 2.05) is 18.2 Å². The first kappa shape index (κ1) is 18.3. The summed E-state index contributed by atoms with van der Waals surface area (Å²) in [4.78, 5) is 10.5. The van der Waals surface area contributed by atoms with Gasteiger partial charge in [0.25, 0.3) is 0 Å². The van der Waals surface area contributed by atoms with E-state index in [0.717, 1.165) is 34.1 Å². The van der Waals surface area contributed by atoms with Crippen LogP contribution in [0.1, 0.15) is 16.0 Å². The summed E-state index contributed by atoms with van der Waals surface area (Å²) in [7, 11) is 6.45. The lowest BCUT2D eigenvalue weighted by Crippen LogP contribution is -1.96. The Morgan fingerprint density at radius 3 is 2.36 bits per heavy atom. The first-order valence-electron chi connectivity index (χ1n) is 8.68. The van der Waals surface area contributed by atoms with Gasteiger partial charge in [0.2, 0.25) is 10.9 Å². The van der Waals surface area contributed by atoms with E-state index in [1.165, 1.54) is 10.4 Å². The van der Waals surface area contributed by atoms with Crippen molar-refractivity contribution in [3.63, 3.8) is 0 Å². The second-order valence-electron chi connectivity index (χ2n) is 6.18. The molecule has 144 valence electrons. The number of rotatable bonds is 6. The summed E-state index contributed by atoms with van der Waals surface area (Å²) in [6.45, 7) is 0. The number of aromatic nitrogens is 1. The van der Waals surface area contributed by atoms with Crippen LogP contribution >= 0.6 is 11.3 Å². The molecule has 1 aromatic heterocycles. The van der Waals surface area contributed by atoms with Gasteiger partial charge in [-0.3, -0.25) is 0 Å². The Hall–Kier alpha value is -3.06. The van der Waals surface area contributed by atoms with Crippen LogP contribution in [0.5, 0.6) is 23.0 Å². The highest BCUT2D eigenvalue weighted by Crippen LogP contribution is 2.43. The van der Waals surface area contributed by atoms with E-state index >= 15 is 0 Å². The predicted octanol–water partition coefficient (Wildman–Crippen LogP) is 4.50. The summed E-state index contributed by atoms with van der Waals surface area (Å²) < 4.78 is 21.4. The monoisotopic (exact) mass is 396 g/mol. The van der Waals surface area contributed by atoms with Crippen LogP contribution in [0.3, 0.4) is 0 Å². The first-order valence-corrected chi connectivity index (χ1v) is 9.49. The smallest absolute Gasteiger partial charge is 0.209 e. The molecular formula is C21H20N2O4S. The van der Waals surface area contributed by atoms with Crippen molar-refractivity contribution in [3.8, 4) is 34.3 Å². The number of thiazole rings is 1. The Morgan fingerprint density at radius 2 is 1.71 bits per heavy atom. The molecule has 0 saturated carbocycles. The number of benzene rings is 2. The average molecular weight is 396 g/mol. The molecule has 0 spiro atoms. The van der Waals surface area contributed by atoms with Crippen molar-refractivity contribution in [2.75, 3.05) is 28.4 Å². The number of methoxy groups -OCH3 is 4. The van der Waals surface area contributed by atoms with Crippen molar-refractivity contribution >= 4 is 22.7 Å². The summed E-state index contributed by atoms with van der Waals surface area (Å²) in [5.74, 6) is 2.61. The maximum atomic E-state index is 5.39. The summed E-state index contributed by atoms with van der Waals surface area (Å²) in [5.41, 5.74) is 4.25. The zero-order chi connectivity index (χ0) is 19.7. The minimum absolute atomic E-state index is 0.558. The summed E-state index contributed by atoms with van der Waals surface area (Å²) >= 11 is 1.60. The molecule has 4 rings (SSSR count). The van der Waals surface area contributed by atoms with Gasteiger partial charge in [0.05, 0.1) is 34.1 Å². The lowest BCUT2D eigenvalue weighted by Gasteiger charge is -2.12. The van der Waals surface area contributed by atoms with Crippen molar-refractivity contribution in [1.82, 2.24) is 4.98 Å². The maximum absolute atomic E-state index is 5.39. The molecule has 0 amide bonds. The lowest BCUT2D eigenvalue weighted by molar-refractivity contribution is 0.324. The van der Waals surface area contributed by atoms with Gasteiger partial charge in [0.15, 0.2) is 11.5 Å². The fourth-order valence-electron chi connectivity index (χ4n) is 3.28. The maximum Gasteiger partial charge on any atom is 0.209 e. The van der Waals surface area contributed by atoms with Crippen LogP contribution < -0.4 is 18.9 Å². The molecule has 0 aliphatic heterocycles. The molecule has 7 heteroatoms. The number of hydrogen-bond donors (Lipinski definition) is 0. The molecule has 1 aliphatic carbocycles. The van der Waals surface area contributed by atoms with Crippen LogP contribution in [-0.2, 0) is 6.42 Å². The Bertz CT molecular complexity index is 1030. The Labute approximate surface area is 167 Å². The van der Waals surface area contributed by atoms with Gasteiger partial charge in [0.1, 0.15) is 5.75 Å². The van der Waals surface area contributed by atoms with Crippen LogP contribution in [0.4, 0.5) is 5.13 Å². The van der Waals surface area contributed by atoms with E-state index < -0.39 is 0 Å². The van der Waals surface area contributed by atoms with Crippen LogP contribution in [0.2, 0.25) is 0 Å². The highest BCUT2D eigenvalue weighted by molar-refractivity contribution is 7.15. The molecular weight excluding hydrogens is 376 g/mol. The number of hydrogen-bond acceptors (Lipinski definition) is 7. The van der Waals surface area contributed by atoms with Gasteiger partial charge in [-0.1, -0.05) is 11.3 Å². The molecule has 0 radical (unpaired) electrons. The average Bonchev–Trinajstić information content (AvgIpc) is 3.27. The molecule has 2 aromatic carbocycles. The fraction of sp³-hybridized carbons (Fsp3) is 0.238. The van der Waals surface area contributed by atoms with E-state index in [9.17, 15) is 0 Å². The van der Waals surface area contributed by atoms with Crippen molar-refractivity contribution in [3.05, 3.63) is 46.3 Å². The number of nitrogens with zero attached hydrogens (tertiary/aromatic N) is 2. The van der Waals surface area contributed by atoms with Gasteiger partial charge in [-0.05, 0) is 35.9 Å². The van der Waals surface area contributed by atoms with Crippen molar-refractivity contribution < 1.29 is 18.9 Å². The number of fused-ring (bicyclic) bond motifs is 3. The second kappa shape index (κ2) is 7.52. The topological polar surface area (TPSA) is 62.2 Å². The molecule has 28 heavy (non-hydrogen) atoms. The van der Waals surface area contributed by atoms with Crippen molar-refractivity contribution in [2.45, 2.75) is 6.42 Å². The second-order valence-corrected chi connectivity index (χ2v) is 7.25. The predicted molar refractivity (Wildman–Crippen MR) is 110 cm³/mol. The van der Waals surface area contributed by atoms with Crippen LogP contribution in [0.25, 0.3) is 11.3 Å². The molecule has 0 atom stereocenters. The van der Waals surface area contributed by atoms with Gasteiger partial charge in [-0.15, -0.1) is 0 Å².